The van der Waals surface area contributed by atoms with E-state index in [4.69, 9.17) is 14.2 Å². The Hall–Kier alpha value is -0.740. The Morgan fingerprint density at radius 3 is 2.54 bits per heavy atom. The van der Waals surface area contributed by atoms with E-state index in [1.807, 2.05) is 10.8 Å². The first-order valence-corrected chi connectivity index (χ1v) is 5.15. The molecule has 13 heavy (non-hydrogen) atoms. The van der Waals surface area contributed by atoms with Crippen molar-refractivity contribution >= 4 is 11.3 Å². The smallest absolute Gasteiger partial charge is 0.171 e. The highest BCUT2D eigenvalue weighted by Gasteiger charge is 2.18. The summed E-state index contributed by atoms with van der Waals surface area (Å²) in [5.41, 5.74) is 0. The SMILES string of the molecule is COCC1COc2cscc2OC1. The number of hydrogen-bond donors (Lipinski definition) is 0. The second-order valence-corrected chi connectivity index (χ2v) is 3.79. The molecule has 0 aliphatic carbocycles. The van der Waals surface area contributed by atoms with Gasteiger partial charge in [-0.05, 0) is 0 Å². The second-order valence-electron chi connectivity index (χ2n) is 3.04. The van der Waals surface area contributed by atoms with Gasteiger partial charge in [0.1, 0.15) is 0 Å². The van der Waals surface area contributed by atoms with Gasteiger partial charge in [0.05, 0.1) is 25.7 Å². The van der Waals surface area contributed by atoms with E-state index >= 15 is 0 Å². The van der Waals surface area contributed by atoms with Gasteiger partial charge in [-0.1, -0.05) is 0 Å². The van der Waals surface area contributed by atoms with Crippen LogP contribution in [0.3, 0.4) is 0 Å². The minimum atomic E-state index is 0.336. The van der Waals surface area contributed by atoms with Crippen molar-refractivity contribution in [3.05, 3.63) is 10.8 Å². The van der Waals surface area contributed by atoms with Gasteiger partial charge in [0, 0.05) is 17.9 Å². The zero-order chi connectivity index (χ0) is 9.10. The molecule has 0 fully saturated rings. The maximum absolute atomic E-state index is 5.56. The van der Waals surface area contributed by atoms with E-state index < -0.39 is 0 Å². The molecule has 1 aromatic rings. The Labute approximate surface area is 81.2 Å². The number of ether oxygens (including phenoxy) is 3. The number of thiophene rings is 1. The zero-order valence-electron chi connectivity index (χ0n) is 7.49. The Kier molecular flexibility index (Phi) is 2.71. The molecule has 3 nitrogen and oxygen atoms in total. The van der Waals surface area contributed by atoms with E-state index in [-0.39, 0.29) is 0 Å². The molecule has 72 valence electrons. The molecule has 0 amide bonds. The van der Waals surface area contributed by atoms with Gasteiger partial charge in [0.15, 0.2) is 11.5 Å². The van der Waals surface area contributed by atoms with Crippen LogP contribution in [0.25, 0.3) is 0 Å². The van der Waals surface area contributed by atoms with Crippen molar-refractivity contribution in [3.63, 3.8) is 0 Å². The third-order valence-corrected chi connectivity index (χ3v) is 2.64. The molecule has 0 radical (unpaired) electrons. The van der Waals surface area contributed by atoms with Crippen molar-refractivity contribution in [3.8, 4) is 11.5 Å². The Morgan fingerprint density at radius 2 is 2.00 bits per heavy atom. The molecule has 1 aromatic heterocycles. The number of methoxy groups -OCH3 is 1. The summed E-state index contributed by atoms with van der Waals surface area (Å²) in [6.45, 7) is 2.04. The molecule has 4 heteroatoms. The average Bonchev–Trinajstić information content (AvgIpc) is 2.50. The molecule has 1 aliphatic heterocycles. The Morgan fingerprint density at radius 1 is 1.38 bits per heavy atom. The van der Waals surface area contributed by atoms with Crippen LogP contribution in [0.5, 0.6) is 11.5 Å². The summed E-state index contributed by atoms with van der Waals surface area (Å²) in [7, 11) is 1.69. The fourth-order valence-electron chi connectivity index (χ4n) is 1.28. The van der Waals surface area contributed by atoms with E-state index in [2.05, 4.69) is 0 Å². The van der Waals surface area contributed by atoms with Gasteiger partial charge in [-0.2, -0.15) is 0 Å². The van der Waals surface area contributed by atoms with E-state index in [1.54, 1.807) is 18.4 Å². The minimum absolute atomic E-state index is 0.336. The highest BCUT2D eigenvalue weighted by molar-refractivity contribution is 7.08. The van der Waals surface area contributed by atoms with Crippen LogP contribution in [0.2, 0.25) is 0 Å². The summed E-state index contributed by atoms with van der Waals surface area (Å²) in [4.78, 5) is 0. The predicted octanol–water partition coefficient (Wildman–Crippen LogP) is 1.78. The molecule has 0 saturated carbocycles. The van der Waals surface area contributed by atoms with Crippen LogP contribution < -0.4 is 9.47 Å². The van der Waals surface area contributed by atoms with Crippen molar-refractivity contribution in [2.75, 3.05) is 26.9 Å². The molecule has 2 heterocycles. The molecule has 0 atom stereocenters. The third-order valence-electron chi connectivity index (χ3n) is 1.94. The fraction of sp³-hybridized carbons (Fsp3) is 0.556. The molecule has 0 bridgehead atoms. The lowest BCUT2D eigenvalue weighted by Crippen LogP contribution is -2.21. The van der Waals surface area contributed by atoms with Crippen LogP contribution in [-0.4, -0.2) is 26.9 Å². The first-order valence-electron chi connectivity index (χ1n) is 4.21. The molecule has 0 aromatic carbocycles. The van der Waals surface area contributed by atoms with Gasteiger partial charge in [-0.3, -0.25) is 0 Å². The first kappa shape index (κ1) is 8.84. The Balaban J connectivity index is 2.00. The van der Waals surface area contributed by atoms with Crippen molar-refractivity contribution in [1.82, 2.24) is 0 Å². The van der Waals surface area contributed by atoms with Gasteiger partial charge < -0.3 is 14.2 Å². The average molecular weight is 200 g/mol. The van der Waals surface area contributed by atoms with Crippen LogP contribution >= 0.6 is 11.3 Å². The molecule has 2 rings (SSSR count). The van der Waals surface area contributed by atoms with Crippen LogP contribution in [0.4, 0.5) is 0 Å². The summed E-state index contributed by atoms with van der Waals surface area (Å²) < 4.78 is 16.2. The van der Waals surface area contributed by atoms with Crippen LogP contribution in [0, 0.1) is 5.92 Å². The standard InChI is InChI=1S/C9H12O3S/c1-10-2-7-3-11-8-5-13-6-9(8)12-4-7/h5-7H,2-4H2,1H3. The van der Waals surface area contributed by atoms with Gasteiger partial charge in [0.25, 0.3) is 0 Å². The van der Waals surface area contributed by atoms with Crippen LogP contribution in [0.15, 0.2) is 10.8 Å². The van der Waals surface area contributed by atoms with Gasteiger partial charge in [-0.15, -0.1) is 11.3 Å². The molecular formula is C9H12O3S. The molecule has 0 spiro atoms. The van der Waals surface area contributed by atoms with Gasteiger partial charge in [-0.25, -0.2) is 0 Å². The summed E-state index contributed by atoms with van der Waals surface area (Å²) in [5.74, 6) is 2.06. The van der Waals surface area contributed by atoms with Crippen molar-refractivity contribution in [1.29, 1.82) is 0 Å². The fourth-order valence-corrected chi connectivity index (χ4v) is 1.96. The lowest BCUT2D eigenvalue weighted by Gasteiger charge is -2.11. The van der Waals surface area contributed by atoms with Crippen molar-refractivity contribution < 1.29 is 14.2 Å². The van der Waals surface area contributed by atoms with Gasteiger partial charge >= 0.3 is 0 Å². The van der Waals surface area contributed by atoms with Gasteiger partial charge in [0.2, 0.25) is 0 Å². The molecule has 0 saturated heterocycles. The van der Waals surface area contributed by atoms with Crippen LogP contribution in [0.1, 0.15) is 0 Å². The number of rotatable bonds is 2. The number of hydrogen-bond acceptors (Lipinski definition) is 4. The second kappa shape index (κ2) is 3.98. The maximum atomic E-state index is 5.56. The molecule has 1 aliphatic rings. The van der Waals surface area contributed by atoms with Crippen LogP contribution in [-0.2, 0) is 4.74 Å². The highest BCUT2D eigenvalue weighted by Crippen LogP contribution is 2.33. The third kappa shape index (κ3) is 1.95. The first-order chi connectivity index (χ1) is 6.40. The minimum Gasteiger partial charge on any atom is -0.488 e. The molecule has 0 unspecified atom stereocenters. The predicted molar refractivity (Wildman–Crippen MR) is 50.7 cm³/mol. The highest BCUT2D eigenvalue weighted by atomic mass is 32.1. The summed E-state index contributed by atoms with van der Waals surface area (Å²) in [6, 6.07) is 0. The largest absolute Gasteiger partial charge is 0.488 e. The quantitative estimate of drug-likeness (QED) is 0.728. The molecule has 0 N–H and O–H groups in total. The van der Waals surface area contributed by atoms with E-state index in [0.717, 1.165) is 11.5 Å². The Bertz CT molecular complexity index is 249. The molecular weight excluding hydrogens is 188 g/mol. The summed E-state index contributed by atoms with van der Waals surface area (Å²) >= 11 is 1.60. The zero-order valence-corrected chi connectivity index (χ0v) is 8.30. The summed E-state index contributed by atoms with van der Waals surface area (Å²) in [5, 5.41) is 3.93. The van der Waals surface area contributed by atoms with Crippen molar-refractivity contribution in [2.24, 2.45) is 5.92 Å². The topological polar surface area (TPSA) is 27.7 Å². The van der Waals surface area contributed by atoms with E-state index in [1.165, 1.54) is 0 Å². The maximum Gasteiger partial charge on any atom is 0.171 e. The van der Waals surface area contributed by atoms with Crippen molar-refractivity contribution in [2.45, 2.75) is 0 Å². The van der Waals surface area contributed by atoms with E-state index in [0.29, 0.717) is 25.7 Å². The monoisotopic (exact) mass is 200 g/mol. The van der Waals surface area contributed by atoms with E-state index in [9.17, 15) is 0 Å². The lowest BCUT2D eigenvalue weighted by atomic mass is 10.2. The normalized spacial score (nSPS) is 17.0. The lowest BCUT2D eigenvalue weighted by molar-refractivity contribution is 0.0994. The number of fused-ring (bicyclic) bond motifs is 1. The summed E-state index contributed by atoms with van der Waals surface area (Å²) in [6.07, 6.45) is 0.